The summed E-state index contributed by atoms with van der Waals surface area (Å²) in [7, 11) is 0. The van der Waals surface area contributed by atoms with Crippen molar-refractivity contribution >= 4 is 15.9 Å². The van der Waals surface area contributed by atoms with E-state index in [0.29, 0.717) is 16.8 Å². The van der Waals surface area contributed by atoms with Crippen molar-refractivity contribution in [2.24, 2.45) is 0 Å². The first-order chi connectivity index (χ1) is 8.20. The van der Waals surface area contributed by atoms with E-state index in [1.165, 1.54) is 6.07 Å². The monoisotopic (exact) mass is 297 g/mol. The third kappa shape index (κ3) is 2.96. The molecule has 4 heteroatoms. The predicted octanol–water partition coefficient (Wildman–Crippen LogP) is 3.96. The van der Waals surface area contributed by atoms with Crippen LogP contribution in [0, 0.1) is 5.82 Å². The number of hydrogen-bond donors (Lipinski definition) is 1. The van der Waals surface area contributed by atoms with Gasteiger partial charge in [-0.1, -0.05) is 6.92 Å². The van der Waals surface area contributed by atoms with Gasteiger partial charge in [-0.2, -0.15) is 0 Å². The van der Waals surface area contributed by atoms with Gasteiger partial charge in [0.15, 0.2) is 0 Å². The molecule has 0 fully saturated rings. The fourth-order valence-corrected chi connectivity index (χ4v) is 1.77. The molecule has 0 amide bonds. The molecule has 1 heterocycles. The second kappa shape index (κ2) is 5.47. The third-order valence-electron chi connectivity index (χ3n) is 2.42. The van der Waals surface area contributed by atoms with E-state index in [2.05, 4.69) is 21.2 Å². The van der Waals surface area contributed by atoms with Crippen molar-refractivity contribution in [3.8, 4) is 11.3 Å². The van der Waals surface area contributed by atoms with Crippen LogP contribution in [0.4, 0.5) is 4.39 Å². The summed E-state index contributed by atoms with van der Waals surface area (Å²) in [4.78, 5) is 0. The van der Waals surface area contributed by atoms with Crippen LogP contribution >= 0.6 is 15.9 Å². The van der Waals surface area contributed by atoms with Gasteiger partial charge in [0, 0.05) is 5.56 Å². The van der Waals surface area contributed by atoms with Gasteiger partial charge >= 0.3 is 0 Å². The van der Waals surface area contributed by atoms with Gasteiger partial charge in [-0.3, -0.25) is 0 Å². The molecule has 0 spiro atoms. The molecule has 0 saturated heterocycles. The molecule has 2 nitrogen and oxygen atoms in total. The molecule has 2 rings (SSSR count). The quantitative estimate of drug-likeness (QED) is 0.924. The summed E-state index contributed by atoms with van der Waals surface area (Å²) < 4.78 is 19.5. The standard InChI is InChI=1S/C13H13BrFNO/c1-2-16-8-10-4-6-13(17-10)9-3-5-11(14)12(15)7-9/h3-7,16H,2,8H2,1H3. The molecule has 0 unspecified atom stereocenters. The van der Waals surface area contributed by atoms with Gasteiger partial charge in [0.1, 0.15) is 17.3 Å². The summed E-state index contributed by atoms with van der Waals surface area (Å²) in [5, 5.41) is 3.17. The Hall–Kier alpha value is -1.13. The van der Waals surface area contributed by atoms with Crippen LogP contribution in [0.25, 0.3) is 11.3 Å². The largest absolute Gasteiger partial charge is 0.460 e. The topological polar surface area (TPSA) is 25.2 Å². The van der Waals surface area contributed by atoms with Crippen LogP contribution in [0.1, 0.15) is 12.7 Å². The Bertz CT molecular complexity index is 510. The fourth-order valence-electron chi connectivity index (χ4n) is 1.53. The molecule has 0 bridgehead atoms. The second-order valence-electron chi connectivity index (χ2n) is 3.68. The van der Waals surface area contributed by atoms with Crippen molar-refractivity contribution in [2.75, 3.05) is 6.54 Å². The molecule has 0 saturated carbocycles. The Morgan fingerprint density at radius 2 is 2.12 bits per heavy atom. The zero-order valence-electron chi connectivity index (χ0n) is 9.47. The van der Waals surface area contributed by atoms with Crippen LogP contribution in [0.15, 0.2) is 39.2 Å². The lowest BCUT2D eigenvalue weighted by atomic mass is 10.2. The van der Waals surface area contributed by atoms with E-state index in [0.717, 1.165) is 17.9 Å². The molecular weight excluding hydrogens is 285 g/mol. The Kier molecular flexibility index (Phi) is 3.97. The highest BCUT2D eigenvalue weighted by molar-refractivity contribution is 9.10. The fraction of sp³-hybridized carbons (Fsp3) is 0.231. The van der Waals surface area contributed by atoms with Gasteiger partial charge in [0.2, 0.25) is 0 Å². The first-order valence-corrected chi connectivity index (χ1v) is 6.25. The van der Waals surface area contributed by atoms with E-state index in [9.17, 15) is 4.39 Å². The van der Waals surface area contributed by atoms with E-state index < -0.39 is 0 Å². The zero-order valence-corrected chi connectivity index (χ0v) is 11.1. The van der Waals surface area contributed by atoms with Crippen molar-refractivity contribution < 1.29 is 8.81 Å². The van der Waals surface area contributed by atoms with Crippen LogP contribution in [-0.2, 0) is 6.54 Å². The zero-order chi connectivity index (χ0) is 12.3. The van der Waals surface area contributed by atoms with Gasteiger partial charge in [0.05, 0.1) is 11.0 Å². The lowest BCUT2D eigenvalue weighted by Gasteiger charge is -2.00. The van der Waals surface area contributed by atoms with Gasteiger partial charge in [0.25, 0.3) is 0 Å². The summed E-state index contributed by atoms with van der Waals surface area (Å²) >= 11 is 3.13. The van der Waals surface area contributed by atoms with Crippen molar-refractivity contribution in [1.29, 1.82) is 0 Å². The molecule has 0 aliphatic heterocycles. The van der Waals surface area contributed by atoms with Crippen molar-refractivity contribution in [3.63, 3.8) is 0 Å². The molecule has 1 aromatic heterocycles. The maximum absolute atomic E-state index is 13.4. The van der Waals surface area contributed by atoms with Gasteiger partial charge in [-0.05, 0) is 52.8 Å². The summed E-state index contributed by atoms with van der Waals surface area (Å²) in [6.07, 6.45) is 0. The summed E-state index contributed by atoms with van der Waals surface area (Å²) in [6.45, 7) is 3.62. The van der Waals surface area contributed by atoms with Crippen molar-refractivity contribution in [1.82, 2.24) is 5.32 Å². The van der Waals surface area contributed by atoms with Gasteiger partial charge in [-0.15, -0.1) is 0 Å². The first-order valence-electron chi connectivity index (χ1n) is 5.45. The normalized spacial score (nSPS) is 10.8. The number of nitrogens with one attached hydrogen (secondary N) is 1. The number of rotatable bonds is 4. The van der Waals surface area contributed by atoms with E-state index >= 15 is 0 Å². The van der Waals surface area contributed by atoms with Crippen molar-refractivity contribution in [3.05, 3.63) is 46.4 Å². The molecule has 0 aliphatic rings. The Labute approximate surface area is 108 Å². The highest BCUT2D eigenvalue weighted by Gasteiger charge is 2.07. The van der Waals surface area contributed by atoms with E-state index in [1.54, 1.807) is 6.07 Å². The maximum Gasteiger partial charge on any atom is 0.138 e. The maximum atomic E-state index is 13.4. The second-order valence-corrected chi connectivity index (χ2v) is 4.53. The smallest absolute Gasteiger partial charge is 0.138 e. The SMILES string of the molecule is CCNCc1ccc(-c2ccc(Br)c(F)c2)o1. The Morgan fingerprint density at radius 3 is 2.82 bits per heavy atom. The minimum Gasteiger partial charge on any atom is -0.460 e. The van der Waals surface area contributed by atoms with Gasteiger partial charge in [-0.25, -0.2) is 4.39 Å². The molecular formula is C13H13BrFNO. The molecule has 1 N–H and O–H groups in total. The summed E-state index contributed by atoms with van der Waals surface area (Å²) in [5.41, 5.74) is 0.744. The minimum atomic E-state index is -0.285. The highest BCUT2D eigenvalue weighted by atomic mass is 79.9. The Balaban J connectivity index is 2.21. The number of hydrogen-bond acceptors (Lipinski definition) is 2. The highest BCUT2D eigenvalue weighted by Crippen LogP contribution is 2.26. The molecule has 17 heavy (non-hydrogen) atoms. The summed E-state index contributed by atoms with van der Waals surface area (Å²) in [6, 6.07) is 8.72. The molecule has 0 aliphatic carbocycles. The average molecular weight is 298 g/mol. The minimum absolute atomic E-state index is 0.285. The molecule has 1 aromatic carbocycles. The lowest BCUT2D eigenvalue weighted by molar-refractivity contribution is 0.498. The van der Waals surface area contributed by atoms with E-state index in [-0.39, 0.29) is 5.82 Å². The van der Waals surface area contributed by atoms with E-state index in [4.69, 9.17) is 4.42 Å². The number of benzene rings is 1. The Morgan fingerprint density at radius 1 is 1.29 bits per heavy atom. The van der Waals surface area contributed by atoms with Gasteiger partial charge < -0.3 is 9.73 Å². The number of halogens is 2. The van der Waals surface area contributed by atoms with E-state index in [1.807, 2.05) is 25.1 Å². The predicted molar refractivity (Wildman–Crippen MR) is 69.2 cm³/mol. The molecule has 0 atom stereocenters. The van der Waals surface area contributed by atoms with Crippen LogP contribution in [0.3, 0.4) is 0 Å². The molecule has 0 radical (unpaired) electrons. The molecule has 2 aromatic rings. The van der Waals surface area contributed by atoms with Crippen molar-refractivity contribution in [2.45, 2.75) is 13.5 Å². The van der Waals surface area contributed by atoms with Crippen LogP contribution in [0.5, 0.6) is 0 Å². The average Bonchev–Trinajstić information content (AvgIpc) is 2.79. The third-order valence-corrected chi connectivity index (χ3v) is 3.06. The van der Waals surface area contributed by atoms with Crippen LogP contribution < -0.4 is 5.32 Å². The van der Waals surface area contributed by atoms with Crippen LogP contribution in [-0.4, -0.2) is 6.54 Å². The lowest BCUT2D eigenvalue weighted by Crippen LogP contribution is -2.10. The number of furan rings is 1. The van der Waals surface area contributed by atoms with Crippen LogP contribution in [0.2, 0.25) is 0 Å². The molecule has 90 valence electrons. The first kappa shape index (κ1) is 12.3. The summed E-state index contributed by atoms with van der Waals surface area (Å²) in [5.74, 6) is 1.25.